The third kappa shape index (κ3) is 4.43. The molecule has 0 aromatic heterocycles. The van der Waals surface area contributed by atoms with Gasteiger partial charge in [-0.2, -0.15) is 13.2 Å². The van der Waals surface area contributed by atoms with E-state index in [4.69, 9.17) is 4.74 Å². The van der Waals surface area contributed by atoms with Gasteiger partial charge in [-0.25, -0.2) is 9.59 Å². The van der Waals surface area contributed by atoms with Crippen LogP contribution in [0.5, 0.6) is 0 Å². The molecule has 8 heteroatoms. The van der Waals surface area contributed by atoms with Gasteiger partial charge in [-0.15, -0.1) is 0 Å². The van der Waals surface area contributed by atoms with E-state index in [-0.39, 0.29) is 18.6 Å². The summed E-state index contributed by atoms with van der Waals surface area (Å²) < 4.78 is 43.6. The number of alkyl halides is 3. The highest BCUT2D eigenvalue weighted by atomic mass is 19.4. The van der Waals surface area contributed by atoms with Crippen LogP contribution in [0.1, 0.15) is 36.0 Å². The smallest absolute Gasteiger partial charge is 0.416 e. The normalized spacial score (nSPS) is 19.5. The summed E-state index contributed by atoms with van der Waals surface area (Å²) in [5, 5.41) is 4.98. The molecule has 0 radical (unpaired) electrons. The molecule has 2 heterocycles. The van der Waals surface area contributed by atoms with Crippen LogP contribution in [-0.2, 0) is 22.3 Å². The van der Waals surface area contributed by atoms with Crippen LogP contribution in [0.15, 0.2) is 72.3 Å². The summed E-state index contributed by atoms with van der Waals surface area (Å²) in [4.78, 5) is 27.8. The lowest BCUT2D eigenvalue weighted by molar-refractivity contribution is -0.138. The highest BCUT2D eigenvalue weighted by Crippen LogP contribution is 2.44. The van der Waals surface area contributed by atoms with Crippen molar-refractivity contribution in [2.24, 2.45) is 0 Å². The summed E-state index contributed by atoms with van der Waals surface area (Å²) >= 11 is 0. The molecule has 2 atom stereocenters. The summed E-state index contributed by atoms with van der Waals surface area (Å²) in [5.74, 6) is -0.455. The summed E-state index contributed by atoms with van der Waals surface area (Å²) in [5.41, 5.74) is 2.15. The van der Waals surface area contributed by atoms with E-state index in [2.05, 4.69) is 11.4 Å². The van der Waals surface area contributed by atoms with Crippen LogP contribution in [-0.4, -0.2) is 36.1 Å². The molecule has 0 saturated carbocycles. The van der Waals surface area contributed by atoms with Crippen molar-refractivity contribution in [1.82, 2.24) is 10.2 Å². The molecule has 2 aliphatic rings. The van der Waals surface area contributed by atoms with Crippen LogP contribution in [0, 0.1) is 0 Å². The molecule has 186 valence electrons. The Morgan fingerprint density at radius 2 is 1.72 bits per heavy atom. The monoisotopic (exact) mass is 494 g/mol. The van der Waals surface area contributed by atoms with Gasteiger partial charge in [-0.3, -0.25) is 0 Å². The van der Waals surface area contributed by atoms with Crippen molar-refractivity contribution < 1.29 is 27.5 Å². The number of nitrogens with zero attached hydrogens (tertiary/aromatic N) is 1. The first-order chi connectivity index (χ1) is 17.3. The van der Waals surface area contributed by atoms with Crippen LogP contribution in [0.2, 0.25) is 0 Å². The van der Waals surface area contributed by atoms with Crippen LogP contribution >= 0.6 is 0 Å². The van der Waals surface area contributed by atoms with E-state index in [1.807, 2.05) is 36.4 Å². The maximum atomic E-state index is 13.2. The van der Waals surface area contributed by atoms with Gasteiger partial charge >= 0.3 is 18.2 Å². The lowest BCUT2D eigenvalue weighted by atomic mass is 9.87. The quantitative estimate of drug-likeness (QED) is 0.458. The number of amides is 2. The van der Waals surface area contributed by atoms with Gasteiger partial charge in [0.25, 0.3) is 0 Å². The van der Waals surface area contributed by atoms with Crippen LogP contribution in [0.4, 0.5) is 18.0 Å². The Hall–Kier alpha value is -3.81. The number of hydrogen-bond acceptors (Lipinski definition) is 3. The second kappa shape index (κ2) is 9.33. The molecule has 1 N–H and O–H groups in total. The van der Waals surface area contributed by atoms with Gasteiger partial charge in [-0.1, -0.05) is 48.5 Å². The Kier molecular flexibility index (Phi) is 6.20. The SMILES string of the molecule is COC(=O)C1=C(c2ccc3ccccc3c2)C[C@@H]2CC[C@H]1N2C(=O)NCc1ccc(C(F)(F)F)cc1. The highest BCUT2D eigenvalue weighted by Gasteiger charge is 2.46. The van der Waals surface area contributed by atoms with E-state index in [0.29, 0.717) is 24.0 Å². The fourth-order valence-corrected chi connectivity index (χ4v) is 5.32. The van der Waals surface area contributed by atoms with Crippen molar-refractivity contribution >= 4 is 28.3 Å². The van der Waals surface area contributed by atoms with E-state index in [1.165, 1.54) is 19.2 Å². The van der Waals surface area contributed by atoms with Crippen molar-refractivity contribution in [3.63, 3.8) is 0 Å². The van der Waals surface area contributed by atoms with E-state index < -0.39 is 23.8 Å². The molecule has 1 saturated heterocycles. The number of carbonyl (C=O) groups is 2. The lowest BCUT2D eigenvalue weighted by Crippen LogP contribution is -2.50. The molecule has 5 nitrogen and oxygen atoms in total. The number of methoxy groups -OCH3 is 1. The van der Waals surface area contributed by atoms with E-state index >= 15 is 0 Å². The summed E-state index contributed by atoms with van der Waals surface area (Å²) in [6.45, 7) is 0.0850. The van der Waals surface area contributed by atoms with Crippen LogP contribution < -0.4 is 5.32 Å². The van der Waals surface area contributed by atoms with Gasteiger partial charge in [0.15, 0.2) is 0 Å². The Bertz CT molecular complexity index is 1350. The highest BCUT2D eigenvalue weighted by molar-refractivity contribution is 6.02. The second-order valence-electron chi connectivity index (χ2n) is 9.16. The van der Waals surface area contributed by atoms with E-state index in [1.54, 1.807) is 4.90 Å². The van der Waals surface area contributed by atoms with Gasteiger partial charge in [0.05, 0.1) is 24.3 Å². The minimum absolute atomic E-state index is 0.0850. The average molecular weight is 495 g/mol. The molecule has 0 aliphatic carbocycles. The number of halogens is 3. The minimum atomic E-state index is -4.41. The van der Waals surface area contributed by atoms with Gasteiger partial charge < -0.3 is 15.0 Å². The van der Waals surface area contributed by atoms with Crippen molar-refractivity contribution in [3.8, 4) is 0 Å². The average Bonchev–Trinajstić information content (AvgIpc) is 3.19. The molecule has 5 rings (SSSR count). The van der Waals surface area contributed by atoms with Crippen molar-refractivity contribution in [2.75, 3.05) is 7.11 Å². The number of benzene rings is 3. The number of rotatable bonds is 4. The largest absolute Gasteiger partial charge is 0.466 e. The van der Waals surface area contributed by atoms with Crippen molar-refractivity contribution in [1.29, 1.82) is 0 Å². The van der Waals surface area contributed by atoms with Gasteiger partial charge in [0.1, 0.15) is 0 Å². The van der Waals surface area contributed by atoms with Gasteiger partial charge in [0.2, 0.25) is 0 Å². The van der Waals surface area contributed by atoms with Crippen molar-refractivity contribution in [3.05, 3.63) is 89.0 Å². The fourth-order valence-electron chi connectivity index (χ4n) is 5.32. The molecule has 3 aromatic carbocycles. The number of ether oxygens (including phenoxy) is 1. The first-order valence-corrected chi connectivity index (χ1v) is 11.8. The third-order valence-electron chi connectivity index (χ3n) is 7.06. The number of fused-ring (bicyclic) bond motifs is 3. The van der Waals surface area contributed by atoms with Crippen molar-refractivity contribution in [2.45, 2.75) is 44.1 Å². The predicted octanol–water partition coefficient (Wildman–Crippen LogP) is 5.93. The van der Waals surface area contributed by atoms with E-state index in [9.17, 15) is 22.8 Å². The first kappa shape index (κ1) is 23.9. The molecular weight excluding hydrogens is 469 g/mol. The summed E-state index contributed by atoms with van der Waals surface area (Å²) in [7, 11) is 1.34. The predicted molar refractivity (Wildman–Crippen MR) is 130 cm³/mol. The zero-order valence-electron chi connectivity index (χ0n) is 19.6. The molecule has 2 aliphatic heterocycles. The molecule has 36 heavy (non-hydrogen) atoms. The zero-order valence-corrected chi connectivity index (χ0v) is 19.6. The number of urea groups is 1. The molecule has 1 fully saturated rings. The summed E-state index contributed by atoms with van der Waals surface area (Å²) in [6.07, 6.45) is -2.50. The van der Waals surface area contributed by atoms with Crippen LogP contribution in [0.3, 0.4) is 0 Å². The Morgan fingerprint density at radius 3 is 2.42 bits per heavy atom. The number of nitrogens with one attached hydrogen (secondary N) is 1. The maximum absolute atomic E-state index is 13.2. The van der Waals surface area contributed by atoms with Crippen LogP contribution in [0.25, 0.3) is 16.3 Å². The first-order valence-electron chi connectivity index (χ1n) is 11.8. The molecule has 2 amide bonds. The van der Waals surface area contributed by atoms with Gasteiger partial charge in [-0.05, 0) is 64.9 Å². The zero-order chi connectivity index (χ0) is 25.4. The fraction of sp³-hybridized carbons (Fsp3) is 0.286. The van der Waals surface area contributed by atoms with Gasteiger partial charge in [0, 0.05) is 12.6 Å². The lowest BCUT2D eigenvalue weighted by Gasteiger charge is -2.37. The topological polar surface area (TPSA) is 58.6 Å². The number of hydrogen-bond donors (Lipinski definition) is 1. The number of carbonyl (C=O) groups excluding carboxylic acids is 2. The Morgan fingerprint density at radius 1 is 1.00 bits per heavy atom. The molecule has 3 aromatic rings. The molecule has 2 bridgehead atoms. The Balaban J connectivity index is 1.39. The molecular formula is C28H25F3N2O3. The second-order valence-corrected chi connectivity index (χ2v) is 9.16. The summed E-state index contributed by atoms with van der Waals surface area (Å²) in [6, 6.07) is 17.9. The number of esters is 1. The minimum Gasteiger partial charge on any atom is -0.466 e. The molecule has 0 spiro atoms. The third-order valence-corrected chi connectivity index (χ3v) is 7.06. The maximum Gasteiger partial charge on any atom is 0.416 e. The Labute approximate surface area is 206 Å². The molecule has 0 unspecified atom stereocenters. The standard InChI is InChI=1S/C28H25F3N2O3/c1-36-26(34)25-23(20-9-8-18-4-2-3-5-19(18)14-20)15-22-12-13-24(25)33(22)27(35)32-16-17-6-10-21(11-7-17)28(29,30)31/h2-11,14,22,24H,12-13,15-16H2,1H3,(H,32,35)/t22-,24+/m0/s1. The van der Waals surface area contributed by atoms with E-state index in [0.717, 1.165) is 40.5 Å².